The van der Waals surface area contributed by atoms with E-state index in [2.05, 4.69) is 18.7 Å². The van der Waals surface area contributed by atoms with Crippen molar-refractivity contribution in [3.05, 3.63) is 0 Å². The van der Waals surface area contributed by atoms with Gasteiger partial charge < -0.3 is 4.74 Å². The molecule has 0 bridgehead atoms. The van der Waals surface area contributed by atoms with E-state index in [1.165, 1.54) is 6.42 Å². The van der Waals surface area contributed by atoms with E-state index in [0.717, 1.165) is 19.5 Å². The lowest BCUT2D eigenvalue weighted by Gasteiger charge is -2.37. The average Bonchev–Trinajstić information content (AvgIpc) is 2.25. The summed E-state index contributed by atoms with van der Waals surface area (Å²) in [4.78, 5) is 25.1. The molecule has 0 aromatic carbocycles. The number of nitrogens with zero attached hydrogens (tertiary/aromatic N) is 1. The number of ketones is 1. The van der Waals surface area contributed by atoms with E-state index in [4.69, 9.17) is 4.74 Å². The maximum absolute atomic E-state index is 11.8. The normalized spacial score (nSPS) is 19.5. The fourth-order valence-corrected chi connectivity index (χ4v) is 2.48. The van der Waals surface area contributed by atoms with Crippen LogP contribution >= 0.6 is 0 Å². The van der Waals surface area contributed by atoms with Gasteiger partial charge in [-0.05, 0) is 31.7 Å². The van der Waals surface area contributed by atoms with Crippen LogP contribution in [0.25, 0.3) is 0 Å². The standard InChI is InChI=1S/C14H25NO3/c1-4-18-13(17)7-6-12(16)10-15-9-5-8-14(2,3)11-15/h4-11H2,1-3H3. The molecule has 1 aliphatic rings. The molecular weight excluding hydrogens is 230 g/mol. The third-order valence-corrected chi connectivity index (χ3v) is 3.29. The number of ether oxygens (including phenoxy) is 1. The lowest BCUT2D eigenvalue weighted by molar-refractivity contribution is -0.144. The summed E-state index contributed by atoms with van der Waals surface area (Å²) in [6.07, 6.45) is 2.89. The van der Waals surface area contributed by atoms with Gasteiger partial charge in [0, 0.05) is 13.0 Å². The Bertz CT molecular complexity index is 299. The van der Waals surface area contributed by atoms with Gasteiger partial charge in [0.15, 0.2) is 0 Å². The van der Waals surface area contributed by atoms with Crippen molar-refractivity contribution >= 4 is 11.8 Å². The second-order valence-corrected chi connectivity index (χ2v) is 5.82. The molecular formula is C14H25NO3. The van der Waals surface area contributed by atoms with Crippen LogP contribution in [0.3, 0.4) is 0 Å². The number of esters is 1. The molecule has 18 heavy (non-hydrogen) atoms. The Balaban J connectivity index is 2.25. The summed E-state index contributed by atoms with van der Waals surface area (Å²) >= 11 is 0. The molecule has 0 amide bonds. The van der Waals surface area contributed by atoms with Gasteiger partial charge in [-0.25, -0.2) is 0 Å². The van der Waals surface area contributed by atoms with E-state index < -0.39 is 0 Å². The first kappa shape index (κ1) is 15.2. The van der Waals surface area contributed by atoms with Crippen molar-refractivity contribution in [2.24, 2.45) is 5.41 Å². The molecule has 4 nitrogen and oxygen atoms in total. The first-order chi connectivity index (χ1) is 8.43. The number of piperidine rings is 1. The lowest BCUT2D eigenvalue weighted by atomic mass is 9.84. The topological polar surface area (TPSA) is 46.6 Å². The highest BCUT2D eigenvalue weighted by atomic mass is 16.5. The molecule has 1 aliphatic heterocycles. The van der Waals surface area contributed by atoms with Gasteiger partial charge in [-0.1, -0.05) is 13.8 Å². The predicted molar refractivity (Wildman–Crippen MR) is 70.3 cm³/mol. The SMILES string of the molecule is CCOC(=O)CCC(=O)CN1CCCC(C)(C)C1. The van der Waals surface area contributed by atoms with Crippen LogP contribution in [-0.2, 0) is 14.3 Å². The summed E-state index contributed by atoms with van der Waals surface area (Å²) in [6, 6.07) is 0. The monoisotopic (exact) mass is 255 g/mol. The van der Waals surface area contributed by atoms with Gasteiger partial charge in [0.1, 0.15) is 5.78 Å². The third kappa shape index (κ3) is 5.63. The van der Waals surface area contributed by atoms with Crippen molar-refractivity contribution in [2.45, 2.75) is 46.5 Å². The lowest BCUT2D eigenvalue weighted by Crippen LogP contribution is -2.42. The van der Waals surface area contributed by atoms with Crippen molar-refractivity contribution < 1.29 is 14.3 Å². The molecule has 1 rings (SSSR count). The molecule has 0 spiro atoms. The third-order valence-electron chi connectivity index (χ3n) is 3.29. The van der Waals surface area contributed by atoms with Gasteiger partial charge in [0.2, 0.25) is 0 Å². The Morgan fingerprint density at radius 2 is 2.00 bits per heavy atom. The quantitative estimate of drug-likeness (QED) is 0.681. The molecule has 0 atom stereocenters. The summed E-state index contributed by atoms with van der Waals surface area (Å²) in [5, 5.41) is 0. The van der Waals surface area contributed by atoms with Gasteiger partial charge in [-0.2, -0.15) is 0 Å². The van der Waals surface area contributed by atoms with E-state index in [1.54, 1.807) is 6.92 Å². The summed E-state index contributed by atoms with van der Waals surface area (Å²) < 4.78 is 4.81. The van der Waals surface area contributed by atoms with Gasteiger partial charge >= 0.3 is 5.97 Å². The van der Waals surface area contributed by atoms with Crippen LogP contribution in [0.15, 0.2) is 0 Å². The fourth-order valence-electron chi connectivity index (χ4n) is 2.48. The molecule has 0 radical (unpaired) electrons. The zero-order valence-electron chi connectivity index (χ0n) is 11.8. The van der Waals surface area contributed by atoms with Gasteiger partial charge in [-0.3, -0.25) is 14.5 Å². The zero-order valence-corrected chi connectivity index (χ0v) is 11.8. The Labute approximate surface area is 110 Å². The Morgan fingerprint density at radius 3 is 2.61 bits per heavy atom. The first-order valence-corrected chi connectivity index (χ1v) is 6.82. The van der Waals surface area contributed by atoms with E-state index >= 15 is 0 Å². The van der Waals surface area contributed by atoms with Crippen molar-refractivity contribution in [3.63, 3.8) is 0 Å². The molecule has 0 unspecified atom stereocenters. The number of Topliss-reactive ketones (excluding diaryl/α,β-unsaturated/α-hetero) is 1. The van der Waals surface area contributed by atoms with Crippen LogP contribution < -0.4 is 0 Å². The molecule has 1 heterocycles. The average molecular weight is 255 g/mol. The minimum absolute atomic E-state index is 0.140. The number of hydrogen-bond acceptors (Lipinski definition) is 4. The van der Waals surface area contributed by atoms with Crippen molar-refractivity contribution in [2.75, 3.05) is 26.2 Å². The molecule has 0 N–H and O–H groups in total. The van der Waals surface area contributed by atoms with Crippen LogP contribution in [0.5, 0.6) is 0 Å². The van der Waals surface area contributed by atoms with Gasteiger partial charge in [-0.15, -0.1) is 0 Å². The maximum Gasteiger partial charge on any atom is 0.306 e. The second kappa shape index (κ2) is 6.88. The highest BCUT2D eigenvalue weighted by Crippen LogP contribution is 2.28. The van der Waals surface area contributed by atoms with E-state index in [-0.39, 0.29) is 18.2 Å². The molecule has 4 heteroatoms. The molecule has 1 saturated heterocycles. The minimum atomic E-state index is -0.273. The van der Waals surface area contributed by atoms with Crippen LogP contribution in [0.1, 0.15) is 46.5 Å². The fraction of sp³-hybridized carbons (Fsp3) is 0.857. The Hall–Kier alpha value is -0.900. The minimum Gasteiger partial charge on any atom is -0.466 e. The smallest absolute Gasteiger partial charge is 0.306 e. The molecule has 0 aliphatic carbocycles. The van der Waals surface area contributed by atoms with Crippen LogP contribution in [-0.4, -0.2) is 42.9 Å². The number of carbonyl (C=O) groups is 2. The first-order valence-electron chi connectivity index (χ1n) is 6.82. The Kier molecular flexibility index (Phi) is 5.79. The highest BCUT2D eigenvalue weighted by Gasteiger charge is 2.27. The Morgan fingerprint density at radius 1 is 1.28 bits per heavy atom. The largest absolute Gasteiger partial charge is 0.466 e. The molecule has 0 aromatic rings. The summed E-state index contributed by atoms with van der Waals surface area (Å²) in [5.74, 6) is -0.134. The van der Waals surface area contributed by atoms with Crippen molar-refractivity contribution in [1.82, 2.24) is 4.90 Å². The predicted octanol–water partition coefficient (Wildman–Crippen LogP) is 2.02. The van der Waals surface area contributed by atoms with Crippen molar-refractivity contribution in [3.8, 4) is 0 Å². The molecule has 0 aromatic heterocycles. The van der Waals surface area contributed by atoms with Crippen LogP contribution in [0.4, 0.5) is 0 Å². The summed E-state index contributed by atoms with van der Waals surface area (Å²) in [5.41, 5.74) is 0.305. The van der Waals surface area contributed by atoms with Gasteiger partial charge in [0.05, 0.1) is 19.6 Å². The maximum atomic E-state index is 11.8. The van der Waals surface area contributed by atoms with Crippen LogP contribution in [0.2, 0.25) is 0 Å². The van der Waals surface area contributed by atoms with E-state index in [1.807, 2.05) is 0 Å². The van der Waals surface area contributed by atoms with E-state index in [9.17, 15) is 9.59 Å². The number of likely N-dealkylation sites (tertiary alicyclic amines) is 1. The molecule has 0 saturated carbocycles. The van der Waals surface area contributed by atoms with Crippen molar-refractivity contribution in [1.29, 1.82) is 0 Å². The zero-order chi connectivity index (χ0) is 13.6. The second-order valence-electron chi connectivity index (χ2n) is 5.82. The summed E-state index contributed by atoms with van der Waals surface area (Å²) in [7, 11) is 0. The number of hydrogen-bond donors (Lipinski definition) is 0. The van der Waals surface area contributed by atoms with E-state index in [0.29, 0.717) is 25.0 Å². The van der Waals surface area contributed by atoms with Gasteiger partial charge in [0.25, 0.3) is 0 Å². The van der Waals surface area contributed by atoms with Crippen LogP contribution in [0, 0.1) is 5.41 Å². The highest BCUT2D eigenvalue weighted by molar-refractivity contribution is 5.84. The molecule has 1 fully saturated rings. The number of rotatable bonds is 6. The summed E-state index contributed by atoms with van der Waals surface area (Å²) in [6.45, 7) is 9.07. The molecule has 104 valence electrons. The number of carbonyl (C=O) groups excluding carboxylic acids is 2.